The molecule has 0 bridgehead atoms. The molecule has 2 aromatic rings. The van der Waals surface area contributed by atoms with E-state index >= 15 is 0 Å². The summed E-state index contributed by atoms with van der Waals surface area (Å²) in [5.41, 5.74) is 0.636. The fraction of sp³-hybridized carbons (Fsp3) is 0.526. The van der Waals surface area contributed by atoms with E-state index in [1.165, 1.54) is 11.8 Å². The number of benzene rings is 1. The van der Waals surface area contributed by atoms with Gasteiger partial charge in [-0.05, 0) is 30.4 Å². The van der Waals surface area contributed by atoms with Crippen LogP contribution in [-0.2, 0) is 11.3 Å². The highest BCUT2D eigenvalue weighted by Gasteiger charge is 2.14. The van der Waals surface area contributed by atoms with Gasteiger partial charge in [0.2, 0.25) is 5.91 Å². The molecule has 136 valence electrons. The van der Waals surface area contributed by atoms with Crippen molar-refractivity contribution in [2.75, 3.05) is 12.3 Å². The number of amides is 1. The minimum absolute atomic E-state index is 0.0239. The van der Waals surface area contributed by atoms with Gasteiger partial charge in [-0.25, -0.2) is 4.98 Å². The molecule has 1 N–H and O–H groups in total. The lowest BCUT2D eigenvalue weighted by Gasteiger charge is -2.15. The smallest absolute Gasteiger partial charge is 0.262 e. The van der Waals surface area contributed by atoms with Crippen LogP contribution in [-0.4, -0.2) is 27.8 Å². The number of fused-ring (bicyclic) bond motifs is 1. The van der Waals surface area contributed by atoms with Gasteiger partial charge in [-0.15, -0.1) is 0 Å². The molecule has 0 atom stereocenters. The van der Waals surface area contributed by atoms with Crippen LogP contribution in [0, 0.1) is 11.8 Å². The second-order valence-electron chi connectivity index (χ2n) is 7.04. The van der Waals surface area contributed by atoms with Gasteiger partial charge in [0.1, 0.15) is 0 Å². The molecule has 0 fully saturated rings. The molecular weight excluding hydrogens is 334 g/mol. The van der Waals surface area contributed by atoms with Crippen molar-refractivity contribution in [1.29, 1.82) is 0 Å². The Kier molecular flexibility index (Phi) is 7.05. The lowest BCUT2D eigenvalue weighted by atomic mass is 10.1. The predicted molar refractivity (Wildman–Crippen MR) is 104 cm³/mol. The Morgan fingerprint density at radius 3 is 2.60 bits per heavy atom. The molecule has 0 saturated heterocycles. The molecule has 25 heavy (non-hydrogen) atoms. The van der Waals surface area contributed by atoms with Crippen molar-refractivity contribution < 1.29 is 4.79 Å². The van der Waals surface area contributed by atoms with Gasteiger partial charge in [0.15, 0.2) is 5.16 Å². The number of nitrogens with one attached hydrogen (secondary N) is 1. The lowest BCUT2D eigenvalue weighted by molar-refractivity contribution is -0.118. The topological polar surface area (TPSA) is 64.0 Å². The van der Waals surface area contributed by atoms with Gasteiger partial charge in [-0.1, -0.05) is 51.6 Å². The third kappa shape index (κ3) is 5.59. The summed E-state index contributed by atoms with van der Waals surface area (Å²) in [7, 11) is 0. The van der Waals surface area contributed by atoms with Gasteiger partial charge in [-0.2, -0.15) is 0 Å². The Labute approximate surface area is 153 Å². The number of carbonyl (C=O) groups is 1. The summed E-state index contributed by atoms with van der Waals surface area (Å²) in [6.07, 6.45) is 0.961. The molecule has 0 aliphatic rings. The first-order valence-corrected chi connectivity index (χ1v) is 9.76. The normalized spacial score (nSPS) is 11.4. The van der Waals surface area contributed by atoms with E-state index in [0.717, 1.165) is 6.42 Å². The molecule has 1 aromatic heterocycles. The molecule has 6 heteroatoms. The molecule has 0 aliphatic heterocycles. The highest BCUT2D eigenvalue weighted by molar-refractivity contribution is 7.99. The molecule has 0 saturated carbocycles. The van der Waals surface area contributed by atoms with Crippen molar-refractivity contribution in [2.45, 2.75) is 45.8 Å². The van der Waals surface area contributed by atoms with E-state index in [1.54, 1.807) is 10.6 Å². The summed E-state index contributed by atoms with van der Waals surface area (Å²) in [5.74, 6) is 1.12. The fourth-order valence-electron chi connectivity index (χ4n) is 2.47. The SMILES string of the molecule is CC(C)CCNC(=O)CSc1nc2ccccc2c(=O)n1CC(C)C. The molecule has 0 radical (unpaired) electrons. The minimum Gasteiger partial charge on any atom is -0.355 e. The van der Waals surface area contributed by atoms with E-state index in [1.807, 2.05) is 18.2 Å². The number of hydrogen-bond donors (Lipinski definition) is 1. The second kappa shape index (κ2) is 9.04. The number of thioether (sulfide) groups is 1. The number of rotatable bonds is 8. The van der Waals surface area contributed by atoms with Crippen molar-refractivity contribution >= 4 is 28.6 Å². The Morgan fingerprint density at radius 2 is 1.92 bits per heavy atom. The van der Waals surface area contributed by atoms with E-state index in [-0.39, 0.29) is 17.2 Å². The van der Waals surface area contributed by atoms with Gasteiger partial charge in [0, 0.05) is 13.1 Å². The number of aromatic nitrogens is 2. The molecule has 0 aliphatic carbocycles. The number of para-hydroxylation sites is 1. The van der Waals surface area contributed by atoms with E-state index in [0.29, 0.717) is 41.0 Å². The van der Waals surface area contributed by atoms with Crippen LogP contribution in [0.25, 0.3) is 10.9 Å². The van der Waals surface area contributed by atoms with Crippen LogP contribution in [0.15, 0.2) is 34.2 Å². The molecule has 1 heterocycles. The summed E-state index contributed by atoms with van der Waals surface area (Å²) in [5, 5.41) is 4.15. The van der Waals surface area contributed by atoms with Gasteiger partial charge in [0.05, 0.1) is 16.7 Å². The van der Waals surface area contributed by atoms with Crippen molar-refractivity contribution in [3.8, 4) is 0 Å². The zero-order chi connectivity index (χ0) is 18.4. The first kappa shape index (κ1) is 19.5. The van der Waals surface area contributed by atoms with Crippen LogP contribution >= 0.6 is 11.8 Å². The Bertz CT molecular complexity index is 784. The fourth-order valence-corrected chi connectivity index (χ4v) is 3.30. The van der Waals surface area contributed by atoms with E-state index < -0.39 is 0 Å². The number of nitrogens with zero attached hydrogens (tertiary/aromatic N) is 2. The maximum atomic E-state index is 12.8. The van der Waals surface area contributed by atoms with Crippen LogP contribution in [0.3, 0.4) is 0 Å². The third-order valence-corrected chi connectivity index (χ3v) is 4.73. The largest absolute Gasteiger partial charge is 0.355 e. The molecule has 5 nitrogen and oxygen atoms in total. The number of hydrogen-bond acceptors (Lipinski definition) is 4. The van der Waals surface area contributed by atoms with Crippen LogP contribution in [0.2, 0.25) is 0 Å². The average Bonchev–Trinajstić information content (AvgIpc) is 2.55. The highest BCUT2D eigenvalue weighted by Crippen LogP contribution is 2.18. The lowest BCUT2D eigenvalue weighted by Crippen LogP contribution is -2.28. The monoisotopic (exact) mass is 361 g/mol. The summed E-state index contributed by atoms with van der Waals surface area (Å²) in [6, 6.07) is 7.35. The summed E-state index contributed by atoms with van der Waals surface area (Å²) in [4.78, 5) is 29.4. The molecule has 0 spiro atoms. The Morgan fingerprint density at radius 1 is 1.20 bits per heavy atom. The van der Waals surface area contributed by atoms with Crippen molar-refractivity contribution in [1.82, 2.24) is 14.9 Å². The second-order valence-corrected chi connectivity index (χ2v) is 7.98. The standard InChI is InChI=1S/C19H27N3O2S/c1-13(2)9-10-20-17(23)12-25-19-21-16-8-6-5-7-15(16)18(24)22(19)11-14(3)4/h5-8,13-14H,9-12H2,1-4H3,(H,20,23). The van der Waals surface area contributed by atoms with Crippen molar-refractivity contribution in [3.63, 3.8) is 0 Å². The first-order valence-electron chi connectivity index (χ1n) is 8.77. The Balaban J connectivity index is 2.18. The first-order chi connectivity index (χ1) is 11.9. The molecule has 1 aromatic carbocycles. The predicted octanol–water partition coefficient (Wildman–Crippen LogP) is 3.31. The van der Waals surface area contributed by atoms with Crippen LogP contribution in [0.5, 0.6) is 0 Å². The van der Waals surface area contributed by atoms with Crippen LogP contribution in [0.1, 0.15) is 34.1 Å². The summed E-state index contributed by atoms with van der Waals surface area (Å²) in [6.45, 7) is 9.66. The van der Waals surface area contributed by atoms with E-state index in [2.05, 4.69) is 38.0 Å². The van der Waals surface area contributed by atoms with E-state index in [4.69, 9.17) is 0 Å². The summed E-state index contributed by atoms with van der Waals surface area (Å²) >= 11 is 1.32. The summed E-state index contributed by atoms with van der Waals surface area (Å²) < 4.78 is 1.69. The van der Waals surface area contributed by atoms with Crippen molar-refractivity contribution in [3.05, 3.63) is 34.6 Å². The van der Waals surface area contributed by atoms with Gasteiger partial charge >= 0.3 is 0 Å². The minimum atomic E-state index is -0.0398. The molecule has 2 rings (SSSR count). The molecular formula is C19H27N3O2S. The van der Waals surface area contributed by atoms with E-state index in [9.17, 15) is 9.59 Å². The zero-order valence-electron chi connectivity index (χ0n) is 15.4. The molecule has 0 unspecified atom stereocenters. The Hall–Kier alpha value is -1.82. The zero-order valence-corrected chi connectivity index (χ0v) is 16.2. The van der Waals surface area contributed by atoms with Gasteiger partial charge in [-0.3, -0.25) is 14.2 Å². The van der Waals surface area contributed by atoms with Gasteiger partial charge in [0.25, 0.3) is 5.56 Å². The van der Waals surface area contributed by atoms with Crippen LogP contribution < -0.4 is 10.9 Å². The van der Waals surface area contributed by atoms with Crippen molar-refractivity contribution in [2.24, 2.45) is 11.8 Å². The maximum absolute atomic E-state index is 12.8. The van der Waals surface area contributed by atoms with Gasteiger partial charge < -0.3 is 5.32 Å². The average molecular weight is 362 g/mol. The molecule has 1 amide bonds. The quantitative estimate of drug-likeness (QED) is 0.579. The maximum Gasteiger partial charge on any atom is 0.262 e. The third-order valence-electron chi connectivity index (χ3n) is 3.75. The highest BCUT2D eigenvalue weighted by atomic mass is 32.2. The number of carbonyl (C=O) groups excluding carboxylic acids is 1. The van der Waals surface area contributed by atoms with Crippen LogP contribution in [0.4, 0.5) is 0 Å².